The van der Waals surface area contributed by atoms with Crippen molar-refractivity contribution in [2.75, 3.05) is 11.9 Å². The standard InChI is InChI=1S/C14H15ClF3NO2/c15-12-5-4-9(7-11(12)14(16,17)18)19-13(20)8-10-3-1-2-6-21-10/h4-5,7,10H,1-3,6,8H2,(H,19,20). The molecule has 1 saturated heterocycles. The molecule has 3 nitrogen and oxygen atoms in total. The first-order valence-corrected chi connectivity index (χ1v) is 7.02. The zero-order chi connectivity index (χ0) is 15.5. The Balaban J connectivity index is 2.00. The van der Waals surface area contributed by atoms with Gasteiger partial charge in [-0.3, -0.25) is 4.79 Å². The third-order valence-electron chi connectivity index (χ3n) is 3.24. The van der Waals surface area contributed by atoms with Gasteiger partial charge < -0.3 is 10.1 Å². The van der Waals surface area contributed by atoms with Crippen LogP contribution in [0.15, 0.2) is 18.2 Å². The number of benzene rings is 1. The number of carbonyl (C=O) groups excluding carboxylic acids is 1. The van der Waals surface area contributed by atoms with Crippen molar-refractivity contribution >= 4 is 23.2 Å². The van der Waals surface area contributed by atoms with Gasteiger partial charge in [0.15, 0.2) is 0 Å². The first kappa shape index (κ1) is 16.1. The number of nitrogens with one attached hydrogen (secondary N) is 1. The number of hydrogen-bond acceptors (Lipinski definition) is 2. The minimum atomic E-state index is -4.55. The molecule has 1 unspecified atom stereocenters. The van der Waals surface area contributed by atoms with Gasteiger partial charge in [-0.2, -0.15) is 13.2 Å². The van der Waals surface area contributed by atoms with Crippen LogP contribution in [0.2, 0.25) is 5.02 Å². The highest BCUT2D eigenvalue weighted by atomic mass is 35.5. The predicted molar refractivity (Wildman–Crippen MR) is 73.3 cm³/mol. The van der Waals surface area contributed by atoms with E-state index in [1.165, 1.54) is 6.07 Å². The van der Waals surface area contributed by atoms with E-state index in [1.54, 1.807) is 0 Å². The Labute approximate surface area is 125 Å². The predicted octanol–water partition coefficient (Wildman–Crippen LogP) is 4.26. The maximum absolute atomic E-state index is 12.7. The monoisotopic (exact) mass is 321 g/mol. The van der Waals surface area contributed by atoms with E-state index < -0.39 is 16.8 Å². The van der Waals surface area contributed by atoms with E-state index >= 15 is 0 Å². The van der Waals surface area contributed by atoms with Gasteiger partial charge in [0.2, 0.25) is 5.91 Å². The van der Waals surface area contributed by atoms with Crippen LogP contribution in [0, 0.1) is 0 Å². The summed E-state index contributed by atoms with van der Waals surface area (Å²) >= 11 is 5.52. The molecule has 1 amide bonds. The smallest absolute Gasteiger partial charge is 0.378 e. The van der Waals surface area contributed by atoms with Crippen molar-refractivity contribution < 1.29 is 22.7 Å². The Morgan fingerprint density at radius 3 is 2.76 bits per heavy atom. The maximum atomic E-state index is 12.7. The topological polar surface area (TPSA) is 38.3 Å². The van der Waals surface area contributed by atoms with Gasteiger partial charge in [-0.25, -0.2) is 0 Å². The number of rotatable bonds is 3. The molecular weight excluding hydrogens is 307 g/mol. The van der Waals surface area contributed by atoms with Gasteiger partial charge in [-0.05, 0) is 37.5 Å². The number of amides is 1. The average molecular weight is 322 g/mol. The van der Waals surface area contributed by atoms with Crippen LogP contribution in [-0.4, -0.2) is 18.6 Å². The fourth-order valence-electron chi connectivity index (χ4n) is 2.21. The van der Waals surface area contributed by atoms with Crippen molar-refractivity contribution in [2.45, 2.75) is 38.0 Å². The van der Waals surface area contributed by atoms with E-state index in [0.717, 1.165) is 31.4 Å². The number of ether oxygens (including phenoxy) is 1. The molecule has 1 aromatic carbocycles. The lowest BCUT2D eigenvalue weighted by molar-refractivity contribution is -0.137. The van der Waals surface area contributed by atoms with E-state index in [2.05, 4.69) is 5.32 Å². The number of alkyl halides is 3. The zero-order valence-electron chi connectivity index (χ0n) is 11.2. The zero-order valence-corrected chi connectivity index (χ0v) is 11.9. The van der Waals surface area contributed by atoms with Gasteiger partial charge in [0, 0.05) is 12.3 Å². The second kappa shape index (κ2) is 6.66. The summed E-state index contributed by atoms with van der Waals surface area (Å²) in [6.07, 6.45) is -1.80. The number of carbonyl (C=O) groups is 1. The molecule has 1 aliphatic heterocycles. The number of halogens is 4. The summed E-state index contributed by atoms with van der Waals surface area (Å²) in [6, 6.07) is 3.30. The van der Waals surface area contributed by atoms with Crippen LogP contribution in [0.5, 0.6) is 0 Å². The Kier molecular flexibility index (Phi) is 5.11. The Morgan fingerprint density at radius 2 is 2.14 bits per heavy atom. The minimum Gasteiger partial charge on any atom is -0.378 e. The second-order valence-electron chi connectivity index (χ2n) is 4.93. The van der Waals surface area contributed by atoms with E-state index in [4.69, 9.17) is 16.3 Å². The SMILES string of the molecule is O=C(CC1CCCCO1)Nc1ccc(Cl)c(C(F)(F)F)c1. The highest BCUT2D eigenvalue weighted by Crippen LogP contribution is 2.36. The molecule has 0 bridgehead atoms. The third kappa shape index (κ3) is 4.61. The lowest BCUT2D eigenvalue weighted by Crippen LogP contribution is -2.25. The van der Waals surface area contributed by atoms with Crippen molar-refractivity contribution in [2.24, 2.45) is 0 Å². The van der Waals surface area contributed by atoms with Crippen molar-refractivity contribution in [1.82, 2.24) is 0 Å². The molecule has 7 heteroatoms. The summed E-state index contributed by atoms with van der Waals surface area (Å²) in [5.41, 5.74) is -0.886. The van der Waals surface area contributed by atoms with Gasteiger partial charge in [0.25, 0.3) is 0 Å². The van der Waals surface area contributed by atoms with Crippen molar-refractivity contribution in [3.8, 4) is 0 Å². The van der Waals surface area contributed by atoms with Crippen molar-refractivity contribution in [3.63, 3.8) is 0 Å². The molecule has 0 aromatic heterocycles. The van der Waals surface area contributed by atoms with E-state index in [1.807, 2.05) is 0 Å². The van der Waals surface area contributed by atoms with Crippen LogP contribution < -0.4 is 5.32 Å². The number of anilines is 1. The molecule has 1 atom stereocenters. The van der Waals surface area contributed by atoms with Crippen LogP contribution in [0.4, 0.5) is 18.9 Å². The summed E-state index contributed by atoms with van der Waals surface area (Å²) in [7, 11) is 0. The van der Waals surface area contributed by atoms with Crippen molar-refractivity contribution in [3.05, 3.63) is 28.8 Å². The third-order valence-corrected chi connectivity index (χ3v) is 3.57. The average Bonchev–Trinajstić information content (AvgIpc) is 2.41. The molecule has 0 spiro atoms. The fraction of sp³-hybridized carbons (Fsp3) is 0.500. The van der Waals surface area contributed by atoms with Gasteiger partial charge in [-0.1, -0.05) is 11.6 Å². The van der Waals surface area contributed by atoms with Crippen molar-refractivity contribution in [1.29, 1.82) is 0 Å². The van der Waals surface area contributed by atoms with Gasteiger partial charge in [-0.15, -0.1) is 0 Å². The quantitative estimate of drug-likeness (QED) is 0.903. The summed E-state index contributed by atoms with van der Waals surface area (Å²) in [6.45, 7) is 0.622. The summed E-state index contributed by atoms with van der Waals surface area (Å²) < 4.78 is 43.6. The lowest BCUT2D eigenvalue weighted by atomic mass is 10.1. The van der Waals surface area contributed by atoms with Crippen LogP contribution >= 0.6 is 11.6 Å². The minimum absolute atomic E-state index is 0.0764. The largest absolute Gasteiger partial charge is 0.417 e. The van der Waals surface area contributed by atoms with Crippen LogP contribution in [-0.2, 0) is 15.7 Å². The first-order chi connectivity index (χ1) is 9.86. The molecule has 1 aromatic rings. The lowest BCUT2D eigenvalue weighted by Gasteiger charge is -2.22. The number of hydrogen-bond donors (Lipinski definition) is 1. The Bertz CT molecular complexity index is 513. The fourth-order valence-corrected chi connectivity index (χ4v) is 2.43. The molecule has 21 heavy (non-hydrogen) atoms. The summed E-state index contributed by atoms with van der Waals surface area (Å²) in [4.78, 5) is 11.8. The Morgan fingerprint density at radius 1 is 1.38 bits per heavy atom. The first-order valence-electron chi connectivity index (χ1n) is 6.64. The maximum Gasteiger partial charge on any atom is 0.417 e. The molecule has 1 N–H and O–H groups in total. The van der Waals surface area contributed by atoms with Crippen LogP contribution in [0.25, 0.3) is 0 Å². The molecular formula is C14H15ClF3NO2. The molecule has 1 fully saturated rings. The summed E-state index contributed by atoms with van der Waals surface area (Å²) in [5.74, 6) is -0.364. The normalized spacial score (nSPS) is 19.3. The van der Waals surface area contributed by atoms with E-state index in [9.17, 15) is 18.0 Å². The molecule has 116 valence electrons. The molecule has 2 rings (SSSR count). The highest BCUT2D eigenvalue weighted by molar-refractivity contribution is 6.31. The van der Waals surface area contributed by atoms with Gasteiger partial charge in [0.1, 0.15) is 0 Å². The van der Waals surface area contributed by atoms with Gasteiger partial charge >= 0.3 is 6.18 Å². The molecule has 0 aliphatic carbocycles. The molecule has 1 heterocycles. The molecule has 0 radical (unpaired) electrons. The Hall–Kier alpha value is -1.27. The second-order valence-corrected chi connectivity index (χ2v) is 5.34. The van der Waals surface area contributed by atoms with Gasteiger partial charge in [0.05, 0.1) is 23.1 Å². The highest BCUT2D eigenvalue weighted by Gasteiger charge is 2.33. The van der Waals surface area contributed by atoms with E-state index in [-0.39, 0.29) is 24.1 Å². The molecule has 0 saturated carbocycles. The summed E-state index contributed by atoms with van der Waals surface area (Å²) in [5, 5.41) is 2.06. The van der Waals surface area contributed by atoms with Crippen LogP contribution in [0.3, 0.4) is 0 Å². The van der Waals surface area contributed by atoms with E-state index in [0.29, 0.717) is 6.61 Å². The molecule has 1 aliphatic rings. The van der Waals surface area contributed by atoms with Crippen LogP contribution in [0.1, 0.15) is 31.2 Å².